The second-order valence-corrected chi connectivity index (χ2v) is 9.75. The van der Waals surface area contributed by atoms with E-state index in [0.717, 1.165) is 27.8 Å². The van der Waals surface area contributed by atoms with Crippen LogP contribution in [-0.4, -0.2) is 29.6 Å². The van der Waals surface area contributed by atoms with Crippen molar-refractivity contribution >= 4 is 19.1 Å². The van der Waals surface area contributed by atoms with Crippen LogP contribution >= 0.6 is 7.37 Å². The molecule has 1 N–H and O–H groups in total. The van der Waals surface area contributed by atoms with Crippen LogP contribution in [0.25, 0.3) is 11.1 Å². The number of halogens is 1. The Hall–Kier alpha value is -2.30. The van der Waals surface area contributed by atoms with E-state index < -0.39 is 31.7 Å². The Kier molecular flexibility index (Phi) is 7.50. The summed E-state index contributed by atoms with van der Waals surface area (Å²) in [5, 5.41) is 8.83. The third-order valence-corrected chi connectivity index (χ3v) is 6.98. The number of aryl methyl sites for hydroxylation is 3. The molecule has 2 rings (SSSR count). The second kappa shape index (κ2) is 9.47. The van der Waals surface area contributed by atoms with Gasteiger partial charge in [0.2, 0.25) is 7.37 Å². The van der Waals surface area contributed by atoms with Crippen molar-refractivity contribution in [3.8, 4) is 11.1 Å². The van der Waals surface area contributed by atoms with Crippen LogP contribution in [-0.2, 0) is 24.8 Å². The van der Waals surface area contributed by atoms with E-state index in [0.29, 0.717) is 5.56 Å². The summed E-state index contributed by atoms with van der Waals surface area (Å²) in [6, 6.07) is 8.68. The van der Waals surface area contributed by atoms with Crippen molar-refractivity contribution in [3.05, 3.63) is 58.4 Å². The Morgan fingerprint density at radius 2 is 1.79 bits per heavy atom. The average molecular weight is 420 g/mol. The van der Waals surface area contributed by atoms with Gasteiger partial charge in [0.05, 0.1) is 18.9 Å². The Balaban J connectivity index is 2.51. The predicted molar refractivity (Wildman–Crippen MR) is 111 cm³/mol. The summed E-state index contributed by atoms with van der Waals surface area (Å²) < 4.78 is 32.6. The zero-order chi connectivity index (χ0) is 21.8. The van der Waals surface area contributed by atoms with Gasteiger partial charge in [-0.15, -0.1) is 0 Å². The molecule has 5 nitrogen and oxygen atoms in total. The zero-order valence-electron chi connectivity index (χ0n) is 17.1. The molecule has 0 radical (unpaired) electrons. The van der Waals surface area contributed by atoms with Crippen molar-refractivity contribution in [1.29, 1.82) is 0 Å². The van der Waals surface area contributed by atoms with Crippen molar-refractivity contribution in [2.24, 2.45) is 0 Å². The molecular formula is C22H26FO5P. The number of benzene rings is 2. The van der Waals surface area contributed by atoms with Crippen LogP contribution in [0.15, 0.2) is 30.3 Å². The van der Waals surface area contributed by atoms with Gasteiger partial charge < -0.3 is 9.63 Å². The van der Waals surface area contributed by atoms with E-state index in [1.807, 2.05) is 26.0 Å². The van der Waals surface area contributed by atoms with Gasteiger partial charge in [-0.25, -0.2) is 4.39 Å². The van der Waals surface area contributed by atoms with Gasteiger partial charge in [0, 0.05) is 0 Å². The summed E-state index contributed by atoms with van der Waals surface area (Å²) in [7, 11) is -3.45. The number of aliphatic carboxylic acids is 1. The number of Topliss-reactive ketones (excluding diaryl/α,β-unsaturated/α-hetero) is 1. The fraction of sp³-hybridized carbons (Fsp3) is 0.364. The number of hydrogen-bond donors (Lipinski definition) is 1. The molecule has 1 unspecified atom stereocenters. The highest BCUT2D eigenvalue weighted by Crippen LogP contribution is 2.52. The molecule has 2 aromatic rings. The van der Waals surface area contributed by atoms with Gasteiger partial charge in [-0.1, -0.05) is 23.8 Å². The lowest BCUT2D eigenvalue weighted by Crippen LogP contribution is -2.14. The Morgan fingerprint density at radius 3 is 2.38 bits per heavy atom. The minimum Gasteiger partial charge on any atom is -0.481 e. The molecule has 0 saturated heterocycles. The fourth-order valence-corrected chi connectivity index (χ4v) is 5.71. The van der Waals surface area contributed by atoms with E-state index >= 15 is 0 Å². The van der Waals surface area contributed by atoms with Crippen molar-refractivity contribution in [2.45, 2.75) is 40.3 Å². The van der Waals surface area contributed by atoms with Crippen LogP contribution < -0.4 is 0 Å². The summed E-state index contributed by atoms with van der Waals surface area (Å²) in [5.41, 5.74) is 4.71. The molecule has 156 valence electrons. The third kappa shape index (κ3) is 6.09. The smallest absolute Gasteiger partial charge is 0.310 e. The molecule has 0 aliphatic carbocycles. The summed E-state index contributed by atoms with van der Waals surface area (Å²) in [5.74, 6) is -2.19. The number of rotatable bonds is 9. The normalized spacial score (nSPS) is 13.1. The van der Waals surface area contributed by atoms with Crippen molar-refractivity contribution in [2.75, 3.05) is 12.8 Å². The van der Waals surface area contributed by atoms with Gasteiger partial charge in [-0.2, -0.15) is 0 Å². The first-order valence-electron chi connectivity index (χ1n) is 9.37. The van der Waals surface area contributed by atoms with Gasteiger partial charge in [0.25, 0.3) is 0 Å². The average Bonchev–Trinajstić information content (AvgIpc) is 2.58. The maximum absolute atomic E-state index is 13.7. The SMILES string of the molecule is CCOP(=O)(CC(=O)CC(=O)O)Cc1c(C)cc(C)cc1-c1ccc(F)c(C)c1. The second-order valence-electron chi connectivity index (χ2n) is 7.23. The highest BCUT2D eigenvalue weighted by molar-refractivity contribution is 7.59. The summed E-state index contributed by atoms with van der Waals surface area (Å²) >= 11 is 0. The van der Waals surface area contributed by atoms with Crippen LogP contribution in [0, 0.1) is 26.6 Å². The van der Waals surface area contributed by atoms with Crippen molar-refractivity contribution in [3.63, 3.8) is 0 Å². The monoisotopic (exact) mass is 420 g/mol. The number of carboxylic acid groups (broad SMARTS) is 1. The first kappa shape index (κ1) is 23.0. The Bertz CT molecular complexity index is 983. The van der Waals surface area contributed by atoms with Crippen LogP contribution in [0.4, 0.5) is 4.39 Å². The first-order valence-corrected chi connectivity index (χ1v) is 11.4. The van der Waals surface area contributed by atoms with E-state index in [1.54, 1.807) is 26.0 Å². The van der Waals surface area contributed by atoms with Gasteiger partial charge >= 0.3 is 5.97 Å². The predicted octanol–water partition coefficient (Wildman–Crippen LogP) is 5.28. The lowest BCUT2D eigenvalue weighted by atomic mass is 9.94. The molecule has 0 bridgehead atoms. The lowest BCUT2D eigenvalue weighted by molar-refractivity contribution is -0.139. The standard InChI is InChI=1S/C22H26FO5P/c1-5-28-29(27,12-18(24)11-22(25)26)13-20-15(3)8-14(2)9-19(20)17-6-7-21(23)16(4)10-17/h6-10H,5,11-13H2,1-4H3,(H,25,26). The fourth-order valence-electron chi connectivity index (χ4n) is 3.39. The zero-order valence-corrected chi connectivity index (χ0v) is 18.0. The molecular weight excluding hydrogens is 394 g/mol. The quantitative estimate of drug-likeness (QED) is 0.441. The first-order chi connectivity index (χ1) is 13.5. The number of hydrogen-bond acceptors (Lipinski definition) is 4. The molecule has 29 heavy (non-hydrogen) atoms. The molecule has 1 atom stereocenters. The van der Waals surface area contributed by atoms with Crippen LogP contribution in [0.1, 0.15) is 35.6 Å². The number of carboxylic acids is 1. The summed E-state index contributed by atoms with van der Waals surface area (Å²) in [6.07, 6.45) is -1.11. The molecule has 7 heteroatoms. The molecule has 2 aromatic carbocycles. The summed E-state index contributed by atoms with van der Waals surface area (Å²) in [6.45, 7) is 7.33. The molecule has 0 aromatic heterocycles. The molecule has 0 saturated carbocycles. The maximum atomic E-state index is 13.7. The maximum Gasteiger partial charge on any atom is 0.310 e. The van der Waals surface area contributed by atoms with E-state index in [4.69, 9.17) is 9.63 Å². The van der Waals surface area contributed by atoms with Gasteiger partial charge in [0.1, 0.15) is 12.2 Å². The highest BCUT2D eigenvalue weighted by Gasteiger charge is 2.30. The molecule has 0 heterocycles. The number of carbonyl (C=O) groups excluding carboxylic acids is 1. The minimum absolute atomic E-state index is 0.00404. The van der Waals surface area contributed by atoms with Crippen LogP contribution in [0.5, 0.6) is 0 Å². The topological polar surface area (TPSA) is 80.7 Å². The molecule has 0 amide bonds. The van der Waals surface area contributed by atoms with Crippen molar-refractivity contribution in [1.82, 2.24) is 0 Å². The Morgan fingerprint density at radius 1 is 1.10 bits per heavy atom. The number of carbonyl (C=O) groups is 2. The largest absolute Gasteiger partial charge is 0.481 e. The molecule has 0 aliphatic heterocycles. The highest BCUT2D eigenvalue weighted by atomic mass is 31.2. The minimum atomic E-state index is -3.45. The van der Waals surface area contributed by atoms with Crippen LogP contribution in [0.2, 0.25) is 0 Å². The Labute approximate surface area is 170 Å². The van der Waals surface area contributed by atoms with Gasteiger partial charge in [-0.05, 0) is 67.6 Å². The molecule has 0 aliphatic rings. The van der Waals surface area contributed by atoms with Gasteiger partial charge in [0.15, 0.2) is 5.78 Å². The van der Waals surface area contributed by atoms with Gasteiger partial charge in [-0.3, -0.25) is 14.2 Å². The third-order valence-electron chi connectivity index (χ3n) is 4.62. The molecule has 0 fully saturated rings. The van der Waals surface area contributed by atoms with E-state index in [1.165, 1.54) is 6.07 Å². The van der Waals surface area contributed by atoms with E-state index in [2.05, 4.69) is 0 Å². The van der Waals surface area contributed by atoms with Crippen molar-refractivity contribution < 1.29 is 28.2 Å². The molecule has 0 spiro atoms. The lowest BCUT2D eigenvalue weighted by Gasteiger charge is -2.21. The van der Waals surface area contributed by atoms with E-state index in [9.17, 15) is 18.5 Å². The number of ketones is 1. The van der Waals surface area contributed by atoms with Crippen LogP contribution in [0.3, 0.4) is 0 Å². The summed E-state index contributed by atoms with van der Waals surface area (Å²) in [4.78, 5) is 22.9. The van der Waals surface area contributed by atoms with E-state index in [-0.39, 0.29) is 18.6 Å².